The molecular formula is C34H40Cl2N6O6S. The molecule has 0 aliphatic carbocycles. The summed E-state index contributed by atoms with van der Waals surface area (Å²) in [5.41, 5.74) is 2.59. The van der Waals surface area contributed by atoms with Gasteiger partial charge in [0.2, 0.25) is 15.9 Å². The van der Waals surface area contributed by atoms with Crippen molar-refractivity contribution in [2.75, 3.05) is 46.9 Å². The summed E-state index contributed by atoms with van der Waals surface area (Å²) in [5, 5.41) is 1.03. The zero-order valence-electron chi connectivity index (χ0n) is 27.9. The maximum absolute atomic E-state index is 14.1. The fourth-order valence-electron chi connectivity index (χ4n) is 5.87. The molecule has 2 aromatic carbocycles. The summed E-state index contributed by atoms with van der Waals surface area (Å²) in [6.07, 6.45) is 6.86. The number of aryl methyl sites for hydroxylation is 1. The number of benzene rings is 2. The molecule has 3 heterocycles. The fraction of sp³-hybridized carbons (Fsp3) is 0.412. The van der Waals surface area contributed by atoms with Crippen LogP contribution in [0.1, 0.15) is 37.4 Å². The molecule has 4 aromatic rings. The number of carbonyl (C=O) groups is 2. The largest absolute Gasteiger partial charge is 0.487 e. The van der Waals surface area contributed by atoms with Crippen LogP contribution < -0.4 is 4.74 Å². The first kappa shape index (κ1) is 36.5. The van der Waals surface area contributed by atoms with Gasteiger partial charge in [-0.1, -0.05) is 35.3 Å². The van der Waals surface area contributed by atoms with Crippen molar-refractivity contribution < 1.29 is 27.5 Å². The number of rotatable bonds is 14. The lowest BCUT2D eigenvalue weighted by Crippen LogP contribution is -2.48. The van der Waals surface area contributed by atoms with E-state index in [1.165, 1.54) is 23.4 Å². The third-order valence-corrected chi connectivity index (χ3v) is 11.3. The lowest BCUT2D eigenvalue weighted by atomic mass is 10.1. The molecule has 0 radical (unpaired) electrons. The van der Waals surface area contributed by atoms with E-state index in [4.69, 9.17) is 37.7 Å². The number of nitrogens with zero attached hydrogens (tertiary/aromatic N) is 6. The van der Waals surface area contributed by atoms with Gasteiger partial charge in [-0.3, -0.25) is 9.59 Å². The minimum Gasteiger partial charge on any atom is -0.487 e. The van der Waals surface area contributed by atoms with E-state index >= 15 is 0 Å². The minimum atomic E-state index is -4.18. The van der Waals surface area contributed by atoms with Gasteiger partial charge in [0.25, 0.3) is 0 Å². The van der Waals surface area contributed by atoms with Crippen LogP contribution >= 0.6 is 23.2 Å². The first-order valence-corrected chi connectivity index (χ1v) is 18.1. The summed E-state index contributed by atoms with van der Waals surface area (Å²) in [5.74, 6) is -0.119. The van der Waals surface area contributed by atoms with Crippen LogP contribution in [0.3, 0.4) is 0 Å². The Morgan fingerprint density at radius 1 is 1.10 bits per heavy atom. The minimum absolute atomic E-state index is 0.0576. The summed E-state index contributed by atoms with van der Waals surface area (Å²) in [7, 11) is -0.590. The molecule has 1 saturated heterocycles. The third kappa shape index (κ3) is 8.35. The molecular weight excluding hydrogens is 691 g/mol. The predicted molar refractivity (Wildman–Crippen MR) is 188 cm³/mol. The third-order valence-electron chi connectivity index (χ3n) is 8.47. The van der Waals surface area contributed by atoms with Crippen LogP contribution in [0.5, 0.6) is 5.75 Å². The van der Waals surface area contributed by atoms with Crippen LogP contribution in [0.25, 0.3) is 16.6 Å². The molecule has 1 amide bonds. The summed E-state index contributed by atoms with van der Waals surface area (Å²) >= 11 is 13.4. The van der Waals surface area contributed by atoms with E-state index in [1.807, 2.05) is 47.8 Å². The number of likely N-dealkylation sites (N-methyl/N-ethyl adjacent to an activating group) is 2. The van der Waals surface area contributed by atoms with Crippen LogP contribution in [-0.2, 0) is 31.0 Å². The first-order valence-electron chi connectivity index (χ1n) is 16.0. The highest BCUT2D eigenvalue weighted by Crippen LogP contribution is 2.37. The van der Waals surface area contributed by atoms with Crippen molar-refractivity contribution in [2.45, 2.75) is 50.7 Å². The summed E-state index contributed by atoms with van der Waals surface area (Å²) in [4.78, 5) is 36.8. The van der Waals surface area contributed by atoms with Gasteiger partial charge in [-0.15, -0.1) is 0 Å². The Balaban J connectivity index is 1.31. The lowest BCUT2D eigenvalue weighted by molar-refractivity contribution is -0.141. The Kier molecular flexibility index (Phi) is 11.8. The van der Waals surface area contributed by atoms with Gasteiger partial charge in [0.1, 0.15) is 28.8 Å². The van der Waals surface area contributed by atoms with Crippen molar-refractivity contribution in [3.05, 3.63) is 76.4 Å². The number of pyridine rings is 1. The highest BCUT2D eigenvalue weighted by atomic mass is 35.5. The van der Waals surface area contributed by atoms with Crippen molar-refractivity contribution in [3.63, 3.8) is 0 Å². The summed E-state index contributed by atoms with van der Waals surface area (Å²) in [6, 6.07) is 9.53. The smallest absolute Gasteiger partial charge is 0.302 e. The monoisotopic (exact) mass is 730 g/mol. The molecule has 5 rings (SSSR count). The number of hydrogen-bond donors (Lipinski definition) is 0. The van der Waals surface area contributed by atoms with Gasteiger partial charge in [-0.05, 0) is 57.5 Å². The number of sulfonamides is 1. The second-order valence-corrected chi connectivity index (χ2v) is 14.7. The van der Waals surface area contributed by atoms with Crippen LogP contribution in [-0.4, -0.2) is 102 Å². The van der Waals surface area contributed by atoms with E-state index in [9.17, 15) is 18.0 Å². The lowest BCUT2D eigenvalue weighted by Gasteiger charge is -2.29. The average Bonchev–Trinajstić information content (AvgIpc) is 3.78. The molecule has 1 aliphatic rings. The number of para-hydroxylation sites is 1. The zero-order valence-corrected chi connectivity index (χ0v) is 30.3. The highest BCUT2D eigenvalue weighted by Gasteiger charge is 2.41. The molecule has 0 saturated carbocycles. The van der Waals surface area contributed by atoms with Gasteiger partial charge in [0, 0.05) is 74.2 Å². The fourth-order valence-corrected chi connectivity index (χ4v) is 8.38. The molecule has 0 unspecified atom stereocenters. The molecule has 49 heavy (non-hydrogen) atoms. The van der Waals surface area contributed by atoms with E-state index in [2.05, 4.69) is 4.98 Å². The molecule has 15 heteroatoms. The van der Waals surface area contributed by atoms with Gasteiger partial charge in [-0.25, -0.2) is 18.4 Å². The maximum Gasteiger partial charge on any atom is 0.302 e. The number of esters is 1. The van der Waals surface area contributed by atoms with Gasteiger partial charge < -0.3 is 23.8 Å². The standard InChI is InChI=1S/C34H40Cl2N6O6S/c1-23-20-29(41-16-13-37-22-41)25-8-5-10-30(33(25)38-23)48-21-26-27(35)11-12-31(32(26)36)49(45,46)42-15-6-9-28(42)34(44)40(4)18-17-39(3)14-7-19-47-24(2)43/h5,8,10-13,16,20,22,28H,6-7,9,14-15,17-19,21H2,1-4H3/t28-/m0/s1. The van der Waals surface area contributed by atoms with Gasteiger partial charge >= 0.3 is 5.97 Å². The van der Waals surface area contributed by atoms with Crippen molar-refractivity contribution in [2.24, 2.45) is 0 Å². The number of imidazole rings is 1. The molecule has 0 bridgehead atoms. The van der Waals surface area contributed by atoms with Gasteiger partial charge in [-0.2, -0.15) is 4.31 Å². The maximum atomic E-state index is 14.1. The van der Waals surface area contributed by atoms with E-state index in [-0.39, 0.29) is 40.0 Å². The second-order valence-electron chi connectivity index (χ2n) is 12.1. The van der Waals surface area contributed by atoms with Gasteiger partial charge in [0.15, 0.2) is 0 Å². The van der Waals surface area contributed by atoms with Crippen LogP contribution in [0, 0.1) is 6.92 Å². The summed E-state index contributed by atoms with van der Waals surface area (Å²) < 4.78 is 42.5. The SMILES string of the molecule is CC(=O)OCCCN(C)CCN(C)C(=O)[C@@H]1CCCN1S(=O)(=O)c1ccc(Cl)c(COc2cccc3c(-n4ccnc4)cc(C)nc23)c1Cl. The zero-order chi connectivity index (χ0) is 35.3. The van der Waals surface area contributed by atoms with E-state index in [0.717, 1.165) is 16.8 Å². The average molecular weight is 732 g/mol. The second kappa shape index (κ2) is 15.9. The Hall–Kier alpha value is -3.75. The van der Waals surface area contributed by atoms with Crippen molar-refractivity contribution in [1.82, 2.24) is 28.6 Å². The molecule has 262 valence electrons. The molecule has 12 nitrogen and oxygen atoms in total. The molecule has 2 aromatic heterocycles. The normalized spacial score (nSPS) is 15.2. The topological polar surface area (TPSA) is 127 Å². The Labute approximate surface area is 296 Å². The van der Waals surface area contributed by atoms with E-state index in [0.29, 0.717) is 62.3 Å². The predicted octanol–water partition coefficient (Wildman–Crippen LogP) is 5.11. The van der Waals surface area contributed by atoms with E-state index in [1.54, 1.807) is 30.5 Å². The number of fused-ring (bicyclic) bond motifs is 1. The molecule has 0 N–H and O–H groups in total. The van der Waals surface area contributed by atoms with Crippen LogP contribution in [0.2, 0.25) is 10.0 Å². The summed E-state index contributed by atoms with van der Waals surface area (Å²) in [6.45, 7) is 5.33. The Bertz CT molecular complexity index is 1920. The van der Waals surface area contributed by atoms with Crippen LogP contribution in [0.15, 0.2) is 60.0 Å². The molecule has 0 spiro atoms. The van der Waals surface area contributed by atoms with E-state index < -0.39 is 16.1 Å². The number of carbonyl (C=O) groups excluding carboxylic acids is 2. The quantitative estimate of drug-likeness (QED) is 0.129. The highest BCUT2D eigenvalue weighted by molar-refractivity contribution is 7.89. The number of amides is 1. The number of aromatic nitrogens is 3. The Morgan fingerprint density at radius 2 is 1.90 bits per heavy atom. The number of halogens is 2. The molecule has 1 atom stereocenters. The van der Waals surface area contributed by atoms with Crippen molar-refractivity contribution >= 4 is 56.0 Å². The molecule has 1 aliphatic heterocycles. The van der Waals surface area contributed by atoms with Crippen molar-refractivity contribution in [3.8, 4) is 11.4 Å². The number of ether oxygens (including phenoxy) is 2. The van der Waals surface area contributed by atoms with Crippen molar-refractivity contribution in [1.29, 1.82) is 0 Å². The van der Waals surface area contributed by atoms with Crippen LogP contribution in [0.4, 0.5) is 0 Å². The molecule has 1 fully saturated rings. The number of hydrogen-bond acceptors (Lipinski definition) is 9. The first-order chi connectivity index (χ1) is 23.4. The van der Waals surface area contributed by atoms with Gasteiger partial charge in [0.05, 0.1) is 23.6 Å². The Morgan fingerprint density at radius 3 is 2.63 bits per heavy atom.